The van der Waals surface area contributed by atoms with Crippen molar-refractivity contribution < 1.29 is 0 Å². The fourth-order valence-corrected chi connectivity index (χ4v) is 2.77. The van der Waals surface area contributed by atoms with Gasteiger partial charge in [-0.15, -0.1) is 0 Å². The summed E-state index contributed by atoms with van der Waals surface area (Å²) < 4.78 is 1.73. The molecule has 0 fully saturated rings. The van der Waals surface area contributed by atoms with Crippen molar-refractivity contribution in [1.29, 1.82) is 0 Å². The summed E-state index contributed by atoms with van der Waals surface area (Å²) in [6.07, 6.45) is 1.58. The smallest absolute Gasteiger partial charge is 0.254 e. The highest BCUT2D eigenvalue weighted by Crippen LogP contribution is 2.21. The third kappa shape index (κ3) is 3.01. The SMILES string of the molecule is CC(C)n1c(SCc2ccccc2)nccc1=O. The van der Waals surface area contributed by atoms with E-state index in [0.717, 1.165) is 10.9 Å². The Morgan fingerprint density at radius 1 is 1.22 bits per heavy atom. The highest BCUT2D eigenvalue weighted by Gasteiger charge is 2.08. The first-order valence-corrected chi connectivity index (χ1v) is 6.91. The van der Waals surface area contributed by atoms with Gasteiger partial charge in [-0.05, 0) is 19.4 Å². The molecule has 1 heterocycles. The molecule has 0 bridgehead atoms. The van der Waals surface area contributed by atoms with Crippen molar-refractivity contribution in [3.63, 3.8) is 0 Å². The van der Waals surface area contributed by atoms with Crippen LogP contribution in [0.5, 0.6) is 0 Å². The first kappa shape index (κ1) is 12.9. The zero-order valence-electron chi connectivity index (χ0n) is 10.5. The van der Waals surface area contributed by atoms with Crippen molar-refractivity contribution in [2.24, 2.45) is 0 Å². The van der Waals surface area contributed by atoms with Gasteiger partial charge in [0.2, 0.25) is 0 Å². The summed E-state index contributed by atoms with van der Waals surface area (Å²) in [5.41, 5.74) is 1.24. The van der Waals surface area contributed by atoms with Crippen molar-refractivity contribution in [2.45, 2.75) is 30.8 Å². The van der Waals surface area contributed by atoms with Crippen molar-refractivity contribution in [3.05, 3.63) is 58.5 Å². The minimum Gasteiger partial charge on any atom is -0.285 e. The summed E-state index contributed by atoms with van der Waals surface area (Å²) in [5.74, 6) is 0.823. The molecule has 1 aromatic heterocycles. The maximum absolute atomic E-state index is 11.8. The zero-order chi connectivity index (χ0) is 13.0. The number of aromatic nitrogens is 2. The molecule has 4 heteroatoms. The molecule has 2 aromatic rings. The first-order valence-electron chi connectivity index (χ1n) is 5.93. The lowest BCUT2D eigenvalue weighted by Crippen LogP contribution is -2.23. The van der Waals surface area contributed by atoms with Crippen LogP contribution in [0.1, 0.15) is 25.5 Å². The second-order valence-electron chi connectivity index (χ2n) is 4.30. The van der Waals surface area contributed by atoms with Crippen LogP contribution >= 0.6 is 11.8 Å². The molecule has 0 amide bonds. The molecule has 0 aliphatic carbocycles. The largest absolute Gasteiger partial charge is 0.285 e. The lowest BCUT2D eigenvalue weighted by molar-refractivity contribution is 0.511. The lowest BCUT2D eigenvalue weighted by Gasteiger charge is -2.13. The Morgan fingerprint density at radius 3 is 2.61 bits per heavy atom. The number of rotatable bonds is 4. The van der Waals surface area contributed by atoms with Crippen LogP contribution in [0.2, 0.25) is 0 Å². The Bertz CT molecular complexity index is 564. The van der Waals surface area contributed by atoms with Gasteiger partial charge in [0, 0.05) is 24.1 Å². The molecule has 0 aliphatic rings. The molecule has 0 saturated heterocycles. The minimum atomic E-state index is 0.00978. The number of hydrogen-bond donors (Lipinski definition) is 0. The molecule has 0 spiro atoms. The Labute approximate surface area is 111 Å². The van der Waals surface area contributed by atoms with Crippen LogP contribution < -0.4 is 5.56 Å². The summed E-state index contributed by atoms with van der Waals surface area (Å²) >= 11 is 1.59. The molecular weight excluding hydrogens is 244 g/mol. The maximum Gasteiger partial charge on any atom is 0.254 e. The van der Waals surface area contributed by atoms with Crippen LogP contribution in [-0.4, -0.2) is 9.55 Å². The highest BCUT2D eigenvalue weighted by atomic mass is 32.2. The second-order valence-corrected chi connectivity index (χ2v) is 5.25. The van der Waals surface area contributed by atoms with Gasteiger partial charge in [-0.3, -0.25) is 9.36 Å². The van der Waals surface area contributed by atoms with E-state index in [1.54, 1.807) is 22.5 Å². The normalized spacial score (nSPS) is 10.8. The summed E-state index contributed by atoms with van der Waals surface area (Å²) in [5, 5.41) is 0.779. The monoisotopic (exact) mass is 260 g/mol. The standard InChI is InChI=1S/C14H16N2OS/c1-11(2)16-13(17)8-9-15-14(16)18-10-12-6-4-3-5-7-12/h3-9,11H,10H2,1-2H3. The molecule has 0 saturated carbocycles. The van der Waals surface area contributed by atoms with E-state index >= 15 is 0 Å². The molecule has 18 heavy (non-hydrogen) atoms. The van der Waals surface area contributed by atoms with Gasteiger partial charge in [-0.2, -0.15) is 0 Å². The Morgan fingerprint density at radius 2 is 1.94 bits per heavy atom. The average molecular weight is 260 g/mol. The van der Waals surface area contributed by atoms with Crippen molar-refractivity contribution in [2.75, 3.05) is 0 Å². The van der Waals surface area contributed by atoms with Crippen LogP contribution in [0.25, 0.3) is 0 Å². The molecule has 0 atom stereocenters. The molecule has 0 N–H and O–H groups in total. The van der Waals surface area contributed by atoms with Gasteiger partial charge in [0.15, 0.2) is 5.16 Å². The van der Waals surface area contributed by atoms with Gasteiger partial charge in [-0.1, -0.05) is 42.1 Å². The summed E-state index contributed by atoms with van der Waals surface area (Å²) in [6.45, 7) is 3.99. The average Bonchev–Trinajstić information content (AvgIpc) is 2.37. The molecule has 1 aromatic carbocycles. The van der Waals surface area contributed by atoms with Gasteiger partial charge >= 0.3 is 0 Å². The van der Waals surface area contributed by atoms with Gasteiger partial charge < -0.3 is 0 Å². The third-order valence-corrected chi connectivity index (χ3v) is 3.61. The molecule has 0 unspecified atom stereocenters. The number of hydrogen-bond acceptors (Lipinski definition) is 3. The first-order chi connectivity index (χ1) is 8.68. The van der Waals surface area contributed by atoms with Crippen molar-refractivity contribution in [1.82, 2.24) is 9.55 Å². The molecule has 2 rings (SSSR count). The maximum atomic E-state index is 11.8. The summed E-state index contributed by atoms with van der Waals surface area (Å²) in [4.78, 5) is 16.1. The fraction of sp³-hybridized carbons (Fsp3) is 0.286. The van der Waals surface area contributed by atoms with Crippen LogP contribution in [0.3, 0.4) is 0 Å². The third-order valence-electron chi connectivity index (χ3n) is 2.57. The van der Waals surface area contributed by atoms with Gasteiger partial charge in [0.05, 0.1) is 0 Å². The highest BCUT2D eigenvalue weighted by molar-refractivity contribution is 7.98. The quantitative estimate of drug-likeness (QED) is 0.626. The number of nitrogens with zero attached hydrogens (tertiary/aromatic N) is 2. The van der Waals surface area contributed by atoms with Gasteiger partial charge in [0.25, 0.3) is 5.56 Å². The second kappa shape index (κ2) is 5.87. The Kier molecular flexibility index (Phi) is 4.20. The lowest BCUT2D eigenvalue weighted by atomic mass is 10.2. The fourth-order valence-electron chi connectivity index (χ4n) is 1.71. The van der Waals surface area contributed by atoms with Crippen LogP contribution in [-0.2, 0) is 5.75 Å². The van der Waals surface area contributed by atoms with Crippen LogP contribution in [0.4, 0.5) is 0 Å². The molecule has 0 aliphatic heterocycles. The van der Waals surface area contributed by atoms with Gasteiger partial charge in [-0.25, -0.2) is 4.98 Å². The van der Waals surface area contributed by atoms with Gasteiger partial charge in [0.1, 0.15) is 0 Å². The van der Waals surface area contributed by atoms with E-state index in [-0.39, 0.29) is 11.6 Å². The zero-order valence-corrected chi connectivity index (χ0v) is 11.4. The van der Waals surface area contributed by atoms with E-state index < -0.39 is 0 Å². The van der Waals surface area contributed by atoms with Crippen molar-refractivity contribution >= 4 is 11.8 Å². The number of benzene rings is 1. The van der Waals surface area contributed by atoms with Crippen molar-refractivity contribution in [3.8, 4) is 0 Å². The van der Waals surface area contributed by atoms with E-state index in [2.05, 4.69) is 17.1 Å². The molecular formula is C14H16N2OS. The summed E-state index contributed by atoms with van der Waals surface area (Å²) in [7, 11) is 0. The molecule has 0 radical (unpaired) electrons. The summed E-state index contributed by atoms with van der Waals surface area (Å²) in [6, 6.07) is 11.8. The molecule has 94 valence electrons. The van der Waals surface area contributed by atoms with E-state index in [4.69, 9.17) is 0 Å². The van der Waals surface area contributed by atoms with E-state index in [9.17, 15) is 4.79 Å². The van der Waals surface area contributed by atoms with Crippen LogP contribution in [0.15, 0.2) is 52.5 Å². The molecule has 3 nitrogen and oxygen atoms in total. The topological polar surface area (TPSA) is 34.9 Å². The predicted molar refractivity (Wildman–Crippen MR) is 74.9 cm³/mol. The Balaban J connectivity index is 2.20. The van der Waals surface area contributed by atoms with E-state index in [1.165, 1.54) is 11.6 Å². The van der Waals surface area contributed by atoms with E-state index in [0.29, 0.717) is 0 Å². The Hall–Kier alpha value is -1.55. The van der Waals surface area contributed by atoms with E-state index in [1.807, 2.05) is 32.0 Å². The number of thioether (sulfide) groups is 1. The predicted octanol–water partition coefficient (Wildman–Crippen LogP) is 3.12. The van der Waals surface area contributed by atoms with Crippen LogP contribution in [0, 0.1) is 0 Å². The minimum absolute atomic E-state index is 0.00978.